The number of carbonyl (C=O) groups is 2. The number of sulfonamides is 1. The number of ether oxygens (including phenoxy) is 1. The zero-order chi connectivity index (χ0) is 27.3. The van der Waals surface area contributed by atoms with E-state index in [0.29, 0.717) is 25.1 Å². The molecule has 8 nitrogen and oxygen atoms in total. The Labute approximate surface area is 224 Å². The molecular formula is C29H33N3O5S. The predicted molar refractivity (Wildman–Crippen MR) is 146 cm³/mol. The van der Waals surface area contributed by atoms with Gasteiger partial charge in [-0.2, -0.15) is 0 Å². The lowest BCUT2D eigenvalue weighted by atomic mass is 10.1. The van der Waals surface area contributed by atoms with E-state index >= 15 is 0 Å². The van der Waals surface area contributed by atoms with Crippen LogP contribution in [0.15, 0.2) is 78.9 Å². The molecule has 38 heavy (non-hydrogen) atoms. The van der Waals surface area contributed by atoms with Crippen molar-refractivity contribution in [3.63, 3.8) is 0 Å². The summed E-state index contributed by atoms with van der Waals surface area (Å²) in [5.74, 6) is 1.01. The fraction of sp³-hybridized carbons (Fsp3) is 0.310. The van der Waals surface area contributed by atoms with Crippen LogP contribution in [0.4, 0.5) is 4.79 Å². The van der Waals surface area contributed by atoms with Gasteiger partial charge in [-0.05, 0) is 68.1 Å². The van der Waals surface area contributed by atoms with E-state index in [0.717, 1.165) is 22.6 Å². The van der Waals surface area contributed by atoms with Crippen LogP contribution in [0.25, 0.3) is 0 Å². The van der Waals surface area contributed by atoms with Crippen molar-refractivity contribution in [1.29, 1.82) is 0 Å². The second-order valence-electron chi connectivity index (χ2n) is 10.4. The van der Waals surface area contributed by atoms with Crippen LogP contribution in [0.3, 0.4) is 0 Å². The van der Waals surface area contributed by atoms with E-state index in [1.807, 2.05) is 80.1 Å². The summed E-state index contributed by atoms with van der Waals surface area (Å²) >= 11 is 0. The van der Waals surface area contributed by atoms with Crippen molar-refractivity contribution in [2.45, 2.75) is 50.9 Å². The Morgan fingerprint density at radius 1 is 0.947 bits per heavy atom. The molecule has 3 amide bonds. The Balaban J connectivity index is 1.43. The molecule has 9 heteroatoms. The van der Waals surface area contributed by atoms with Crippen molar-refractivity contribution in [3.8, 4) is 11.5 Å². The average Bonchev–Trinajstić information content (AvgIpc) is 3.14. The van der Waals surface area contributed by atoms with Crippen LogP contribution in [0, 0.1) is 0 Å². The van der Waals surface area contributed by atoms with Gasteiger partial charge < -0.3 is 15.0 Å². The highest BCUT2D eigenvalue weighted by molar-refractivity contribution is 7.90. The summed E-state index contributed by atoms with van der Waals surface area (Å²) in [5, 5.41) is 2.14. The Bertz CT molecular complexity index is 1370. The number of urea groups is 1. The highest BCUT2D eigenvalue weighted by Crippen LogP contribution is 2.30. The summed E-state index contributed by atoms with van der Waals surface area (Å²) in [7, 11) is -3.70. The molecule has 0 bridgehead atoms. The average molecular weight is 536 g/mol. The van der Waals surface area contributed by atoms with Crippen LogP contribution < -0.4 is 14.8 Å². The van der Waals surface area contributed by atoms with Gasteiger partial charge in [0.15, 0.2) is 0 Å². The van der Waals surface area contributed by atoms with Crippen LogP contribution in [-0.2, 0) is 27.8 Å². The van der Waals surface area contributed by atoms with Gasteiger partial charge in [-0.25, -0.2) is 13.2 Å². The maximum absolute atomic E-state index is 13.1. The summed E-state index contributed by atoms with van der Waals surface area (Å²) < 4.78 is 32.3. The van der Waals surface area contributed by atoms with Gasteiger partial charge in [-0.1, -0.05) is 54.6 Å². The van der Waals surface area contributed by atoms with Crippen LogP contribution in [0.2, 0.25) is 0 Å². The third-order valence-corrected chi connectivity index (χ3v) is 7.77. The lowest BCUT2D eigenvalue weighted by Crippen LogP contribution is -2.48. The number of hydrogen-bond donors (Lipinski definition) is 2. The summed E-state index contributed by atoms with van der Waals surface area (Å²) in [6.45, 7) is 6.63. The second kappa shape index (κ2) is 11.3. The molecule has 0 aliphatic carbocycles. The van der Waals surface area contributed by atoms with Crippen molar-refractivity contribution in [2.24, 2.45) is 0 Å². The first-order valence-corrected chi connectivity index (χ1v) is 14.1. The monoisotopic (exact) mass is 535 g/mol. The van der Waals surface area contributed by atoms with Crippen molar-refractivity contribution in [1.82, 2.24) is 14.9 Å². The van der Waals surface area contributed by atoms with Crippen LogP contribution in [0.5, 0.6) is 11.5 Å². The molecule has 1 aliphatic heterocycles. The number of nitrogens with one attached hydrogen (secondary N) is 2. The van der Waals surface area contributed by atoms with Crippen molar-refractivity contribution in [2.75, 3.05) is 6.54 Å². The quantitative estimate of drug-likeness (QED) is 0.426. The molecule has 200 valence electrons. The van der Waals surface area contributed by atoms with Gasteiger partial charge in [-0.15, -0.1) is 0 Å². The number of para-hydroxylation sites is 1. The lowest BCUT2D eigenvalue weighted by molar-refractivity contribution is -0.118. The first-order valence-electron chi connectivity index (χ1n) is 12.5. The number of carbonyl (C=O) groups excluding carboxylic acids is 2. The van der Waals surface area contributed by atoms with Gasteiger partial charge in [0.2, 0.25) is 15.9 Å². The van der Waals surface area contributed by atoms with E-state index in [1.54, 1.807) is 29.2 Å². The normalized spacial score (nSPS) is 16.5. The maximum Gasteiger partial charge on any atom is 0.318 e. The van der Waals surface area contributed by atoms with Gasteiger partial charge >= 0.3 is 6.03 Å². The minimum absolute atomic E-state index is 0.0863. The lowest BCUT2D eigenvalue weighted by Gasteiger charge is -2.29. The van der Waals surface area contributed by atoms with Gasteiger partial charge in [0.05, 0.1) is 6.42 Å². The van der Waals surface area contributed by atoms with Gasteiger partial charge in [0.1, 0.15) is 16.7 Å². The van der Waals surface area contributed by atoms with Crippen LogP contribution in [0.1, 0.15) is 49.1 Å². The summed E-state index contributed by atoms with van der Waals surface area (Å²) in [6, 6.07) is 24.2. The number of nitrogens with zero attached hydrogens (tertiary/aromatic N) is 1. The molecule has 0 spiro atoms. The van der Waals surface area contributed by atoms with Crippen LogP contribution in [-0.4, -0.2) is 37.3 Å². The summed E-state index contributed by atoms with van der Waals surface area (Å²) in [6.07, 6.45) is 0.562. The molecule has 1 atom stereocenters. The van der Waals surface area contributed by atoms with E-state index in [-0.39, 0.29) is 12.5 Å². The molecule has 1 heterocycles. The molecular weight excluding hydrogens is 502 g/mol. The van der Waals surface area contributed by atoms with Gasteiger partial charge in [0, 0.05) is 18.6 Å². The first-order chi connectivity index (χ1) is 18.0. The Kier molecular flexibility index (Phi) is 8.06. The largest absolute Gasteiger partial charge is 0.457 e. The van der Waals surface area contributed by atoms with E-state index in [9.17, 15) is 18.0 Å². The SMILES string of the molecule is CC(C)(C)NC(=O)N(CCc1ccc(Oc2ccccc2)cc1)Cc1ccc(C2CC(=O)NS2(=O)=O)cc1. The molecule has 1 saturated heterocycles. The third-order valence-electron chi connectivity index (χ3n) is 6.07. The molecule has 0 aromatic heterocycles. The smallest absolute Gasteiger partial charge is 0.318 e. The zero-order valence-electron chi connectivity index (χ0n) is 21.8. The van der Waals surface area contributed by atoms with Crippen molar-refractivity contribution >= 4 is 22.0 Å². The Hall–Kier alpha value is -3.85. The van der Waals surface area contributed by atoms with E-state index in [1.165, 1.54) is 0 Å². The predicted octanol–water partition coefficient (Wildman–Crippen LogP) is 4.92. The van der Waals surface area contributed by atoms with Crippen molar-refractivity contribution < 1.29 is 22.7 Å². The molecule has 4 rings (SSSR count). The second-order valence-corrected chi connectivity index (χ2v) is 12.3. The Morgan fingerprint density at radius 2 is 1.55 bits per heavy atom. The van der Waals surface area contributed by atoms with Crippen LogP contribution >= 0.6 is 0 Å². The fourth-order valence-corrected chi connectivity index (χ4v) is 5.60. The molecule has 1 aliphatic rings. The van der Waals surface area contributed by atoms with Crippen molar-refractivity contribution in [3.05, 3.63) is 95.6 Å². The number of amides is 3. The topological polar surface area (TPSA) is 105 Å². The van der Waals surface area contributed by atoms with Gasteiger partial charge in [-0.3, -0.25) is 9.52 Å². The number of benzene rings is 3. The molecule has 3 aromatic carbocycles. The molecule has 0 radical (unpaired) electrons. The van der Waals surface area contributed by atoms with Gasteiger partial charge in [0.25, 0.3) is 0 Å². The fourth-order valence-electron chi connectivity index (χ4n) is 4.17. The highest BCUT2D eigenvalue weighted by atomic mass is 32.2. The van der Waals surface area contributed by atoms with E-state index in [4.69, 9.17) is 4.74 Å². The standard InChI is InChI=1S/C29H33N3O5S/c1-29(2,3)30-28(34)32(18-17-21-11-15-25(16-12-21)37-24-7-5-4-6-8-24)20-22-9-13-23(14-10-22)26-19-27(33)31-38(26,35)36/h4-16,26H,17-20H2,1-3H3,(H,30,34)(H,31,33). The zero-order valence-corrected chi connectivity index (χ0v) is 22.6. The molecule has 2 N–H and O–H groups in total. The van der Waals surface area contributed by atoms with E-state index in [2.05, 4.69) is 5.32 Å². The Morgan fingerprint density at radius 3 is 2.13 bits per heavy atom. The maximum atomic E-state index is 13.1. The van der Waals surface area contributed by atoms with E-state index < -0.39 is 26.7 Å². The molecule has 3 aromatic rings. The molecule has 1 fully saturated rings. The number of hydrogen-bond acceptors (Lipinski definition) is 5. The molecule has 0 saturated carbocycles. The molecule has 1 unspecified atom stereocenters. The highest BCUT2D eigenvalue weighted by Gasteiger charge is 2.37. The minimum Gasteiger partial charge on any atom is -0.457 e. The first kappa shape index (κ1) is 27.2. The summed E-state index contributed by atoms with van der Waals surface area (Å²) in [4.78, 5) is 26.4. The third kappa shape index (κ3) is 7.35. The number of rotatable bonds is 8. The summed E-state index contributed by atoms with van der Waals surface area (Å²) in [5.41, 5.74) is 2.08. The minimum atomic E-state index is -3.70.